The van der Waals surface area contributed by atoms with E-state index < -0.39 is 0 Å². The third-order valence-electron chi connectivity index (χ3n) is 2.24. The summed E-state index contributed by atoms with van der Waals surface area (Å²) >= 11 is 0. The summed E-state index contributed by atoms with van der Waals surface area (Å²) in [6.07, 6.45) is 4.25. The minimum Gasteiger partial charge on any atom is -0.390 e. The molecule has 5 heteroatoms. The Balaban J connectivity index is 3.85. The van der Waals surface area contributed by atoms with Crippen molar-refractivity contribution in [3.8, 4) is 6.07 Å². The molecule has 0 unspecified atom stereocenters. The second kappa shape index (κ2) is 11.9. The van der Waals surface area contributed by atoms with Gasteiger partial charge in [0.1, 0.15) is 11.6 Å². The van der Waals surface area contributed by atoms with Crippen molar-refractivity contribution in [2.75, 3.05) is 26.3 Å². The first-order chi connectivity index (χ1) is 8.76. The van der Waals surface area contributed by atoms with E-state index in [2.05, 4.69) is 10.6 Å². The van der Waals surface area contributed by atoms with Crippen LogP contribution in [0.2, 0.25) is 0 Å². The van der Waals surface area contributed by atoms with Crippen LogP contribution in [0.5, 0.6) is 0 Å². The first kappa shape index (κ1) is 16.5. The molecule has 0 rings (SSSR count). The molecule has 0 aliphatic carbocycles. The molecule has 18 heavy (non-hydrogen) atoms. The van der Waals surface area contributed by atoms with Gasteiger partial charge < -0.3 is 15.4 Å². The molecule has 0 saturated carbocycles. The number of nitriles is 1. The molecule has 0 spiro atoms. The normalized spacial score (nSPS) is 10.8. The largest absolute Gasteiger partial charge is 0.390 e. The van der Waals surface area contributed by atoms with Gasteiger partial charge in [0.05, 0.1) is 0 Å². The zero-order valence-corrected chi connectivity index (χ0v) is 11.3. The summed E-state index contributed by atoms with van der Waals surface area (Å²) in [5, 5.41) is 14.5. The van der Waals surface area contributed by atoms with Gasteiger partial charge in [0.2, 0.25) is 0 Å². The quantitative estimate of drug-likeness (QED) is 0.350. The number of amides is 1. The average molecular weight is 253 g/mol. The summed E-state index contributed by atoms with van der Waals surface area (Å²) in [6, 6.07) is 1.89. The van der Waals surface area contributed by atoms with Gasteiger partial charge in [0.25, 0.3) is 5.91 Å². The van der Waals surface area contributed by atoms with Crippen LogP contribution < -0.4 is 10.6 Å². The lowest BCUT2D eigenvalue weighted by molar-refractivity contribution is -0.117. The predicted octanol–water partition coefficient (Wildman–Crippen LogP) is 1.33. The fourth-order valence-electron chi connectivity index (χ4n) is 1.22. The highest BCUT2D eigenvalue weighted by atomic mass is 16.5. The summed E-state index contributed by atoms with van der Waals surface area (Å²) in [4.78, 5) is 11.5. The van der Waals surface area contributed by atoms with Gasteiger partial charge in [0.15, 0.2) is 0 Å². The Morgan fingerprint density at radius 2 is 2.11 bits per heavy atom. The highest BCUT2D eigenvalue weighted by molar-refractivity contribution is 5.97. The van der Waals surface area contributed by atoms with Crippen molar-refractivity contribution in [2.45, 2.75) is 33.1 Å². The van der Waals surface area contributed by atoms with E-state index in [-0.39, 0.29) is 11.5 Å². The molecule has 0 aromatic heterocycles. The maximum atomic E-state index is 11.5. The topological polar surface area (TPSA) is 74.2 Å². The van der Waals surface area contributed by atoms with Crippen LogP contribution in [0.1, 0.15) is 33.1 Å². The van der Waals surface area contributed by atoms with E-state index in [1.165, 1.54) is 6.20 Å². The average Bonchev–Trinajstić information content (AvgIpc) is 2.38. The van der Waals surface area contributed by atoms with Gasteiger partial charge in [-0.05, 0) is 19.8 Å². The molecule has 0 saturated heterocycles. The lowest BCUT2D eigenvalue weighted by Gasteiger charge is -2.04. The number of hydrogen-bond acceptors (Lipinski definition) is 4. The van der Waals surface area contributed by atoms with E-state index in [1.807, 2.05) is 19.9 Å². The summed E-state index contributed by atoms with van der Waals surface area (Å²) in [7, 11) is 0. The van der Waals surface area contributed by atoms with Gasteiger partial charge in [-0.25, -0.2) is 0 Å². The van der Waals surface area contributed by atoms with Crippen LogP contribution in [0.3, 0.4) is 0 Å². The molecule has 0 radical (unpaired) electrons. The summed E-state index contributed by atoms with van der Waals surface area (Å²) in [5.41, 5.74) is 0.113. The SMILES string of the molecule is CCCCNC(=O)/C(C#N)=C\NCCCOCC. The molecule has 102 valence electrons. The van der Waals surface area contributed by atoms with Crippen LogP contribution in [0, 0.1) is 11.3 Å². The number of carbonyl (C=O) groups is 1. The first-order valence-corrected chi connectivity index (χ1v) is 6.45. The highest BCUT2D eigenvalue weighted by Gasteiger charge is 2.06. The Labute approximate surface area is 109 Å². The molecule has 5 nitrogen and oxygen atoms in total. The number of nitrogens with one attached hydrogen (secondary N) is 2. The molecule has 0 bridgehead atoms. The Bertz CT molecular complexity index is 295. The van der Waals surface area contributed by atoms with E-state index in [4.69, 9.17) is 10.00 Å². The molecule has 0 heterocycles. The molecule has 0 atom stereocenters. The molecular formula is C13H23N3O2. The van der Waals surface area contributed by atoms with Crippen molar-refractivity contribution in [1.29, 1.82) is 5.26 Å². The Hall–Kier alpha value is -1.54. The number of hydrogen-bond donors (Lipinski definition) is 2. The van der Waals surface area contributed by atoms with E-state index >= 15 is 0 Å². The van der Waals surface area contributed by atoms with Crippen LogP contribution in [-0.2, 0) is 9.53 Å². The van der Waals surface area contributed by atoms with Gasteiger partial charge in [-0.2, -0.15) is 5.26 Å². The minimum absolute atomic E-state index is 0.113. The van der Waals surface area contributed by atoms with Crippen molar-refractivity contribution in [3.63, 3.8) is 0 Å². The maximum Gasteiger partial charge on any atom is 0.263 e. The standard InChI is InChI=1S/C13H23N3O2/c1-3-5-8-16-13(17)12(10-14)11-15-7-6-9-18-4-2/h11,15H,3-9H2,1-2H3,(H,16,17)/b12-11-. The van der Waals surface area contributed by atoms with Crippen molar-refractivity contribution < 1.29 is 9.53 Å². The Morgan fingerprint density at radius 1 is 1.33 bits per heavy atom. The predicted molar refractivity (Wildman–Crippen MR) is 70.7 cm³/mol. The lowest BCUT2D eigenvalue weighted by atomic mass is 10.2. The van der Waals surface area contributed by atoms with Crippen LogP contribution in [0.4, 0.5) is 0 Å². The molecule has 0 fully saturated rings. The zero-order valence-electron chi connectivity index (χ0n) is 11.3. The molecular weight excluding hydrogens is 230 g/mol. The first-order valence-electron chi connectivity index (χ1n) is 6.45. The van der Waals surface area contributed by atoms with Crippen molar-refractivity contribution >= 4 is 5.91 Å². The summed E-state index contributed by atoms with van der Waals surface area (Å²) in [6.45, 7) is 6.68. The highest BCUT2D eigenvalue weighted by Crippen LogP contribution is 1.92. The third-order valence-corrected chi connectivity index (χ3v) is 2.24. The Morgan fingerprint density at radius 3 is 2.72 bits per heavy atom. The van der Waals surface area contributed by atoms with E-state index in [9.17, 15) is 4.79 Å². The lowest BCUT2D eigenvalue weighted by Crippen LogP contribution is -2.26. The number of unbranched alkanes of at least 4 members (excludes halogenated alkanes) is 1. The smallest absolute Gasteiger partial charge is 0.263 e. The van der Waals surface area contributed by atoms with Crippen molar-refractivity contribution in [2.24, 2.45) is 0 Å². The molecule has 0 aliphatic rings. The third kappa shape index (κ3) is 8.59. The monoisotopic (exact) mass is 253 g/mol. The molecule has 0 aliphatic heterocycles. The summed E-state index contributed by atoms with van der Waals surface area (Å²) < 4.78 is 5.17. The van der Waals surface area contributed by atoms with Crippen LogP contribution >= 0.6 is 0 Å². The van der Waals surface area contributed by atoms with Crippen LogP contribution in [0.25, 0.3) is 0 Å². The van der Waals surface area contributed by atoms with Gasteiger partial charge in [-0.15, -0.1) is 0 Å². The zero-order chi connectivity index (χ0) is 13.6. The number of rotatable bonds is 10. The molecule has 2 N–H and O–H groups in total. The second-order valence-electron chi connectivity index (χ2n) is 3.78. The van der Waals surface area contributed by atoms with Gasteiger partial charge >= 0.3 is 0 Å². The fourth-order valence-corrected chi connectivity index (χ4v) is 1.22. The van der Waals surface area contributed by atoms with Crippen molar-refractivity contribution in [3.05, 3.63) is 11.8 Å². The van der Waals surface area contributed by atoms with Crippen LogP contribution in [-0.4, -0.2) is 32.2 Å². The van der Waals surface area contributed by atoms with Gasteiger partial charge in [-0.1, -0.05) is 13.3 Å². The number of ether oxygens (including phenoxy) is 1. The van der Waals surface area contributed by atoms with E-state index in [1.54, 1.807) is 0 Å². The molecule has 0 aromatic rings. The maximum absolute atomic E-state index is 11.5. The summed E-state index contributed by atoms with van der Waals surface area (Å²) in [5.74, 6) is -0.316. The molecule has 0 aromatic carbocycles. The number of carbonyl (C=O) groups excluding carboxylic acids is 1. The second-order valence-corrected chi connectivity index (χ2v) is 3.78. The minimum atomic E-state index is -0.316. The fraction of sp³-hybridized carbons (Fsp3) is 0.692. The van der Waals surface area contributed by atoms with E-state index in [0.29, 0.717) is 26.3 Å². The van der Waals surface area contributed by atoms with Crippen molar-refractivity contribution in [1.82, 2.24) is 10.6 Å². The van der Waals surface area contributed by atoms with Gasteiger partial charge in [-0.3, -0.25) is 4.79 Å². The number of nitrogens with zero attached hydrogens (tertiary/aromatic N) is 1. The Kier molecular flexibility index (Phi) is 10.9. The van der Waals surface area contributed by atoms with Gasteiger partial charge in [0, 0.05) is 32.5 Å². The van der Waals surface area contributed by atoms with Crippen LogP contribution in [0.15, 0.2) is 11.8 Å². The molecule has 1 amide bonds. The van der Waals surface area contributed by atoms with E-state index in [0.717, 1.165) is 19.3 Å².